The lowest BCUT2D eigenvalue weighted by Crippen LogP contribution is -2.10. The molecule has 0 aliphatic heterocycles. The second-order valence-corrected chi connectivity index (χ2v) is 5.10. The Morgan fingerprint density at radius 2 is 2.25 bits per heavy atom. The molecule has 0 radical (unpaired) electrons. The fraction of sp³-hybridized carbons (Fsp3) is 0.0769. The Bertz CT molecular complexity index is 771. The van der Waals surface area contributed by atoms with Gasteiger partial charge in [-0.05, 0) is 30.7 Å². The standard InChI is InChI=1S/C13H12BrN5O/c1-8-6-9(2-3-10(8)14)20-13-12-16-4-5-19(12)7-11(17-13)18-15/h2-7,18H,15H2,1H3. The highest BCUT2D eigenvalue weighted by Crippen LogP contribution is 2.27. The minimum absolute atomic E-state index is 0.396. The summed E-state index contributed by atoms with van der Waals surface area (Å²) in [4.78, 5) is 8.51. The zero-order chi connectivity index (χ0) is 14.1. The second-order valence-electron chi connectivity index (χ2n) is 4.25. The predicted molar refractivity (Wildman–Crippen MR) is 79.8 cm³/mol. The van der Waals surface area contributed by atoms with E-state index in [4.69, 9.17) is 10.6 Å². The van der Waals surface area contributed by atoms with E-state index in [0.717, 1.165) is 10.0 Å². The quantitative estimate of drug-likeness (QED) is 0.569. The number of hydrazine groups is 1. The number of nitrogens with one attached hydrogen (secondary N) is 1. The molecular weight excluding hydrogens is 322 g/mol. The molecule has 0 fully saturated rings. The van der Waals surface area contributed by atoms with Gasteiger partial charge in [0, 0.05) is 16.9 Å². The van der Waals surface area contributed by atoms with Crippen molar-refractivity contribution in [2.45, 2.75) is 6.92 Å². The maximum absolute atomic E-state index is 5.82. The predicted octanol–water partition coefficient (Wildman–Crippen LogP) is 2.88. The van der Waals surface area contributed by atoms with Gasteiger partial charge < -0.3 is 10.2 Å². The highest BCUT2D eigenvalue weighted by atomic mass is 79.9. The molecule has 1 aromatic carbocycles. The average molecular weight is 334 g/mol. The van der Waals surface area contributed by atoms with Gasteiger partial charge in [-0.1, -0.05) is 15.9 Å². The van der Waals surface area contributed by atoms with Crippen LogP contribution in [0.3, 0.4) is 0 Å². The third-order valence-corrected chi connectivity index (χ3v) is 3.72. The Balaban J connectivity index is 2.04. The van der Waals surface area contributed by atoms with Crippen molar-refractivity contribution >= 4 is 27.4 Å². The van der Waals surface area contributed by atoms with Crippen LogP contribution in [0.25, 0.3) is 5.65 Å². The molecule has 6 nitrogen and oxygen atoms in total. The van der Waals surface area contributed by atoms with Crippen molar-refractivity contribution < 1.29 is 4.74 Å². The van der Waals surface area contributed by atoms with Crippen molar-refractivity contribution in [2.75, 3.05) is 5.43 Å². The lowest BCUT2D eigenvalue weighted by molar-refractivity contribution is 0.465. The van der Waals surface area contributed by atoms with Crippen molar-refractivity contribution in [1.82, 2.24) is 14.4 Å². The Hall–Kier alpha value is -2.12. The smallest absolute Gasteiger partial charge is 0.265 e. The van der Waals surface area contributed by atoms with Gasteiger partial charge in [0.25, 0.3) is 5.88 Å². The lowest BCUT2D eigenvalue weighted by Gasteiger charge is -2.09. The first-order valence-electron chi connectivity index (χ1n) is 5.91. The Morgan fingerprint density at radius 3 is 3.00 bits per heavy atom. The van der Waals surface area contributed by atoms with Gasteiger partial charge in [0.2, 0.25) is 5.65 Å². The first-order chi connectivity index (χ1) is 9.67. The summed E-state index contributed by atoms with van der Waals surface area (Å²) in [5.41, 5.74) is 4.22. The summed E-state index contributed by atoms with van der Waals surface area (Å²) in [6.07, 6.45) is 5.22. The summed E-state index contributed by atoms with van der Waals surface area (Å²) in [5, 5.41) is 0. The van der Waals surface area contributed by atoms with E-state index in [0.29, 0.717) is 23.1 Å². The molecule has 0 bridgehead atoms. The van der Waals surface area contributed by atoms with Crippen molar-refractivity contribution in [3.05, 3.63) is 46.8 Å². The molecule has 2 heterocycles. The highest BCUT2D eigenvalue weighted by molar-refractivity contribution is 9.10. The van der Waals surface area contributed by atoms with Gasteiger partial charge in [-0.2, -0.15) is 4.98 Å². The third kappa shape index (κ3) is 2.33. The number of aryl methyl sites for hydroxylation is 1. The molecule has 0 saturated carbocycles. The van der Waals surface area contributed by atoms with Crippen LogP contribution < -0.4 is 16.0 Å². The number of imidazole rings is 1. The van der Waals surface area contributed by atoms with Crippen molar-refractivity contribution in [1.29, 1.82) is 0 Å². The zero-order valence-corrected chi connectivity index (χ0v) is 12.3. The average Bonchev–Trinajstić information content (AvgIpc) is 2.91. The van der Waals surface area contributed by atoms with Crippen LogP contribution in [0.2, 0.25) is 0 Å². The fourth-order valence-electron chi connectivity index (χ4n) is 1.83. The van der Waals surface area contributed by atoms with Gasteiger partial charge in [-0.15, -0.1) is 0 Å². The number of halogens is 1. The van der Waals surface area contributed by atoms with Gasteiger partial charge in [-0.25, -0.2) is 10.8 Å². The molecule has 0 unspecified atom stereocenters. The van der Waals surface area contributed by atoms with Gasteiger partial charge >= 0.3 is 0 Å². The number of ether oxygens (including phenoxy) is 1. The molecule has 0 aliphatic rings. The molecule has 0 spiro atoms. The van der Waals surface area contributed by atoms with Crippen LogP contribution in [0.5, 0.6) is 11.6 Å². The van der Waals surface area contributed by atoms with Crippen LogP contribution in [0, 0.1) is 6.92 Å². The van der Waals surface area contributed by atoms with Crippen molar-refractivity contribution in [3.8, 4) is 11.6 Å². The molecule has 0 atom stereocenters. The van der Waals surface area contributed by atoms with Crippen molar-refractivity contribution in [2.24, 2.45) is 5.84 Å². The molecule has 2 aromatic heterocycles. The third-order valence-electron chi connectivity index (χ3n) is 2.84. The number of hydrogen-bond acceptors (Lipinski definition) is 5. The van der Waals surface area contributed by atoms with Crippen LogP contribution in [0.1, 0.15) is 5.56 Å². The fourth-order valence-corrected chi connectivity index (χ4v) is 2.08. The van der Waals surface area contributed by atoms with Crippen LogP contribution in [-0.2, 0) is 0 Å². The number of fused-ring (bicyclic) bond motifs is 1. The van der Waals surface area contributed by atoms with E-state index < -0.39 is 0 Å². The number of nitrogens with zero attached hydrogens (tertiary/aromatic N) is 3. The van der Waals surface area contributed by atoms with Gasteiger partial charge in [-0.3, -0.25) is 4.40 Å². The van der Waals surface area contributed by atoms with Crippen molar-refractivity contribution in [3.63, 3.8) is 0 Å². The topological polar surface area (TPSA) is 77.5 Å². The molecule has 102 valence electrons. The van der Waals surface area contributed by atoms with Crippen LogP contribution >= 0.6 is 15.9 Å². The van der Waals surface area contributed by atoms with E-state index in [1.807, 2.05) is 25.1 Å². The Morgan fingerprint density at radius 1 is 1.40 bits per heavy atom. The summed E-state index contributed by atoms with van der Waals surface area (Å²) in [6, 6.07) is 5.72. The van der Waals surface area contributed by atoms with Gasteiger partial charge in [0.15, 0.2) is 5.82 Å². The number of aromatic nitrogens is 3. The molecule has 7 heteroatoms. The maximum atomic E-state index is 5.82. The number of rotatable bonds is 3. The second kappa shape index (κ2) is 5.10. The van der Waals surface area contributed by atoms with E-state index in [2.05, 4.69) is 31.3 Å². The normalized spacial score (nSPS) is 10.8. The minimum Gasteiger partial charge on any atom is -0.436 e. The zero-order valence-electron chi connectivity index (χ0n) is 10.7. The van der Waals surface area contributed by atoms with Crippen LogP contribution in [-0.4, -0.2) is 14.4 Å². The Kier molecular flexibility index (Phi) is 3.29. The molecule has 3 aromatic rings. The van der Waals surface area contributed by atoms with E-state index in [1.54, 1.807) is 23.0 Å². The van der Waals surface area contributed by atoms with Crippen LogP contribution in [0.15, 0.2) is 41.3 Å². The molecule has 3 N–H and O–H groups in total. The van der Waals surface area contributed by atoms with E-state index >= 15 is 0 Å². The number of nitrogen functional groups attached to an aromatic ring is 1. The molecule has 0 saturated heterocycles. The number of anilines is 1. The summed E-state index contributed by atoms with van der Waals surface area (Å²) >= 11 is 3.46. The number of hydrogen-bond donors (Lipinski definition) is 2. The minimum atomic E-state index is 0.396. The molecule has 0 amide bonds. The first kappa shape index (κ1) is 12.9. The monoisotopic (exact) mass is 333 g/mol. The first-order valence-corrected chi connectivity index (χ1v) is 6.71. The van der Waals surface area contributed by atoms with Crippen LogP contribution in [0.4, 0.5) is 5.82 Å². The van der Waals surface area contributed by atoms with Gasteiger partial charge in [0.05, 0.1) is 6.20 Å². The summed E-state index contributed by atoms with van der Waals surface area (Å²) < 4.78 is 8.64. The number of nitrogens with two attached hydrogens (primary N) is 1. The summed E-state index contributed by atoms with van der Waals surface area (Å²) in [5.74, 6) is 6.99. The lowest BCUT2D eigenvalue weighted by atomic mass is 10.2. The molecule has 20 heavy (non-hydrogen) atoms. The highest BCUT2D eigenvalue weighted by Gasteiger charge is 2.10. The van der Waals surface area contributed by atoms with E-state index in [1.165, 1.54) is 0 Å². The van der Waals surface area contributed by atoms with E-state index in [9.17, 15) is 0 Å². The Labute approximate surface area is 123 Å². The SMILES string of the molecule is Cc1cc(Oc2nc(NN)cn3ccnc23)ccc1Br. The van der Waals surface area contributed by atoms with Gasteiger partial charge in [0.1, 0.15) is 5.75 Å². The maximum Gasteiger partial charge on any atom is 0.265 e. The summed E-state index contributed by atoms with van der Waals surface area (Å²) in [6.45, 7) is 1.99. The number of benzene rings is 1. The molecular formula is C13H12BrN5O. The summed E-state index contributed by atoms with van der Waals surface area (Å²) in [7, 11) is 0. The molecule has 3 rings (SSSR count). The largest absolute Gasteiger partial charge is 0.436 e. The van der Waals surface area contributed by atoms with E-state index in [-0.39, 0.29) is 0 Å². The molecule has 0 aliphatic carbocycles.